The largest absolute Gasteiger partial charge is 0.507 e. The molecule has 1 saturated heterocycles. The number of ketones is 1. The van der Waals surface area contributed by atoms with Gasteiger partial charge in [-0.15, -0.1) is 0 Å². The Labute approximate surface area is 184 Å². The number of aryl methyl sites for hydroxylation is 1. The molecule has 2 heterocycles. The highest BCUT2D eigenvalue weighted by Gasteiger charge is 2.47. The van der Waals surface area contributed by atoms with E-state index in [0.29, 0.717) is 29.8 Å². The fraction of sp³-hybridized carbons (Fsp3) is 0.154. The van der Waals surface area contributed by atoms with Gasteiger partial charge in [0.05, 0.1) is 18.2 Å². The third-order valence-electron chi connectivity index (χ3n) is 6.00. The summed E-state index contributed by atoms with van der Waals surface area (Å²) in [6.07, 6.45) is 0.710. The number of fused-ring (bicyclic) bond motifs is 1. The number of ether oxygens (including phenoxy) is 1. The van der Waals surface area contributed by atoms with E-state index in [4.69, 9.17) is 4.74 Å². The third-order valence-corrected chi connectivity index (χ3v) is 6.00. The summed E-state index contributed by atoms with van der Waals surface area (Å²) >= 11 is 0. The van der Waals surface area contributed by atoms with Crippen molar-refractivity contribution in [1.82, 2.24) is 0 Å². The molecule has 0 aliphatic carbocycles. The van der Waals surface area contributed by atoms with Crippen molar-refractivity contribution in [1.29, 1.82) is 0 Å². The standard InChI is InChI=1S/C26H20FNO4/c1-15-4-2-3-5-20(15)23-22(24(29)17-6-11-21-16(14-17)12-13-32-21)25(30)26(31)28(23)19-9-7-18(27)8-10-19/h2-11,14,23,29H,12-13H2,1H3/b24-22+. The smallest absolute Gasteiger partial charge is 0.300 e. The van der Waals surface area contributed by atoms with Crippen LogP contribution in [0.1, 0.15) is 28.3 Å². The maximum absolute atomic E-state index is 13.5. The molecule has 0 aromatic heterocycles. The van der Waals surface area contributed by atoms with Crippen molar-refractivity contribution in [3.63, 3.8) is 0 Å². The summed E-state index contributed by atoms with van der Waals surface area (Å²) < 4.78 is 19.1. The number of benzene rings is 3. The van der Waals surface area contributed by atoms with E-state index in [0.717, 1.165) is 16.9 Å². The lowest BCUT2D eigenvalue weighted by molar-refractivity contribution is -0.132. The average molecular weight is 429 g/mol. The van der Waals surface area contributed by atoms with Crippen molar-refractivity contribution in [3.8, 4) is 5.75 Å². The summed E-state index contributed by atoms with van der Waals surface area (Å²) in [4.78, 5) is 27.7. The van der Waals surface area contributed by atoms with Crippen LogP contribution >= 0.6 is 0 Å². The number of carbonyl (C=O) groups is 2. The molecular weight excluding hydrogens is 409 g/mol. The zero-order valence-corrected chi connectivity index (χ0v) is 17.3. The molecule has 0 radical (unpaired) electrons. The van der Waals surface area contributed by atoms with E-state index in [9.17, 15) is 19.1 Å². The van der Waals surface area contributed by atoms with Crippen LogP contribution in [0, 0.1) is 12.7 Å². The van der Waals surface area contributed by atoms with Gasteiger partial charge in [0, 0.05) is 17.7 Å². The van der Waals surface area contributed by atoms with E-state index in [-0.39, 0.29) is 11.3 Å². The summed E-state index contributed by atoms with van der Waals surface area (Å²) in [6.45, 7) is 2.45. The molecule has 2 aliphatic heterocycles. The summed E-state index contributed by atoms with van der Waals surface area (Å²) in [5, 5.41) is 11.3. The second kappa shape index (κ2) is 7.64. The Morgan fingerprint density at radius 1 is 1.06 bits per heavy atom. The van der Waals surface area contributed by atoms with E-state index in [1.54, 1.807) is 18.2 Å². The van der Waals surface area contributed by atoms with E-state index in [1.807, 2.05) is 31.2 Å². The molecule has 5 rings (SSSR count). The van der Waals surface area contributed by atoms with Crippen molar-refractivity contribution in [3.05, 3.63) is 100 Å². The number of halogens is 1. The zero-order valence-electron chi connectivity index (χ0n) is 17.3. The molecule has 1 N–H and O–H groups in total. The molecule has 0 bridgehead atoms. The highest BCUT2D eigenvalue weighted by Crippen LogP contribution is 2.43. The van der Waals surface area contributed by atoms with Gasteiger partial charge in [0.2, 0.25) is 0 Å². The summed E-state index contributed by atoms with van der Waals surface area (Å²) in [6, 6.07) is 17.2. The molecule has 3 aromatic carbocycles. The minimum Gasteiger partial charge on any atom is -0.507 e. The molecule has 6 heteroatoms. The number of rotatable bonds is 3. The maximum atomic E-state index is 13.5. The van der Waals surface area contributed by atoms with Crippen LogP contribution < -0.4 is 9.64 Å². The van der Waals surface area contributed by atoms with Crippen LogP contribution in [0.4, 0.5) is 10.1 Å². The van der Waals surface area contributed by atoms with Gasteiger partial charge in [-0.05, 0) is 66.1 Å². The highest BCUT2D eigenvalue weighted by molar-refractivity contribution is 6.51. The molecule has 160 valence electrons. The Bertz CT molecular complexity index is 1280. The SMILES string of the molecule is Cc1ccccc1C1/C(=C(\O)c2ccc3c(c2)CCO3)C(=O)C(=O)N1c1ccc(F)cc1. The summed E-state index contributed by atoms with van der Waals surface area (Å²) in [5.41, 5.74) is 3.34. The van der Waals surface area contributed by atoms with Crippen molar-refractivity contribution < 1.29 is 23.8 Å². The molecule has 0 spiro atoms. The van der Waals surface area contributed by atoms with Gasteiger partial charge in [-0.2, -0.15) is 0 Å². The van der Waals surface area contributed by atoms with Crippen molar-refractivity contribution >= 4 is 23.1 Å². The minimum atomic E-state index is -0.842. The Kier molecular flexibility index (Phi) is 4.78. The number of carbonyl (C=O) groups excluding carboxylic acids is 2. The van der Waals surface area contributed by atoms with Gasteiger partial charge in [-0.1, -0.05) is 24.3 Å². The molecule has 1 atom stereocenters. The first kappa shape index (κ1) is 20.0. The van der Waals surface area contributed by atoms with Gasteiger partial charge in [-0.3, -0.25) is 14.5 Å². The normalized spacial score (nSPS) is 19.2. The Hall–Kier alpha value is -3.93. The van der Waals surface area contributed by atoms with Crippen molar-refractivity contribution in [2.45, 2.75) is 19.4 Å². The molecule has 3 aromatic rings. The van der Waals surface area contributed by atoms with E-state index in [2.05, 4.69) is 0 Å². The predicted molar refractivity (Wildman–Crippen MR) is 118 cm³/mol. The number of amides is 1. The molecule has 32 heavy (non-hydrogen) atoms. The Balaban J connectivity index is 1.72. The van der Waals surface area contributed by atoms with Gasteiger partial charge in [0.25, 0.3) is 11.7 Å². The number of hydrogen-bond donors (Lipinski definition) is 1. The number of aliphatic hydroxyl groups is 1. The number of aliphatic hydroxyl groups excluding tert-OH is 1. The molecule has 0 saturated carbocycles. The minimum absolute atomic E-state index is 0.00694. The first-order valence-electron chi connectivity index (χ1n) is 10.3. The lowest BCUT2D eigenvalue weighted by Gasteiger charge is -2.26. The molecule has 1 fully saturated rings. The van der Waals surface area contributed by atoms with Crippen LogP contribution in [-0.2, 0) is 16.0 Å². The zero-order chi connectivity index (χ0) is 22.4. The fourth-order valence-corrected chi connectivity index (χ4v) is 4.38. The second-order valence-electron chi connectivity index (χ2n) is 7.92. The predicted octanol–water partition coefficient (Wildman–Crippen LogP) is 4.70. The van der Waals surface area contributed by atoms with Gasteiger partial charge < -0.3 is 9.84 Å². The van der Waals surface area contributed by atoms with Crippen LogP contribution in [0.2, 0.25) is 0 Å². The Morgan fingerprint density at radius 3 is 2.56 bits per heavy atom. The number of nitrogens with zero attached hydrogens (tertiary/aromatic N) is 1. The van der Waals surface area contributed by atoms with Crippen LogP contribution in [0.25, 0.3) is 5.76 Å². The van der Waals surface area contributed by atoms with Crippen molar-refractivity contribution in [2.75, 3.05) is 11.5 Å². The fourth-order valence-electron chi connectivity index (χ4n) is 4.38. The average Bonchev–Trinajstić information content (AvgIpc) is 3.36. The molecule has 5 nitrogen and oxygen atoms in total. The first-order chi connectivity index (χ1) is 15.5. The molecule has 1 amide bonds. The lowest BCUT2D eigenvalue weighted by Crippen LogP contribution is -2.29. The first-order valence-corrected chi connectivity index (χ1v) is 10.3. The quantitative estimate of drug-likeness (QED) is 0.373. The van der Waals surface area contributed by atoms with Crippen LogP contribution in [0.3, 0.4) is 0 Å². The van der Waals surface area contributed by atoms with Gasteiger partial charge >= 0.3 is 0 Å². The van der Waals surface area contributed by atoms with Gasteiger partial charge in [0.1, 0.15) is 17.3 Å². The van der Waals surface area contributed by atoms with Crippen LogP contribution in [-0.4, -0.2) is 23.4 Å². The van der Waals surface area contributed by atoms with Crippen molar-refractivity contribution in [2.24, 2.45) is 0 Å². The number of Topliss-reactive ketones (excluding diaryl/α,β-unsaturated/α-hetero) is 1. The summed E-state index contributed by atoms with van der Waals surface area (Å²) in [5.74, 6) is -1.48. The maximum Gasteiger partial charge on any atom is 0.300 e. The van der Waals surface area contributed by atoms with Gasteiger partial charge in [0.15, 0.2) is 0 Å². The monoisotopic (exact) mass is 429 g/mol. The summed E-state index contributed by atoms with van der Waals surface area (Å²) in [7, 11) is 0. The molecule has 2 aliphatic rings. The van der Waals surface area contributed by atoms with E-state index < -0.39 is 23.5 Å². The number of anilines is 1. The Morgan fingerprint density at radius 2 is 1.81 bits per heavy atom. The second-order valence-corrected chi connectivity index (χ2v) is 7.92. The lowest BCUT2D eigenvalue weighted by atomic mass is 9.92. The van der Waals surface area contributed by atoms with Crippen LogP contribution in [0.15, 0.2) is 72.3 Å². The number of hydrogen-bond acceptors (Lipinski definition) is 4. The highest BCUT2D eigenvalue weighted by atomic mass is 19.1. The van der Waals surface area contributed by atoms with Gasteiger partial charge in [-0.25, -0.2) is 4.39 Å². The van der Waals surface area contributed by atoms with Crippen LogP contribution in [0.5, 0.6) is 5.75 Å². The topological polar surface area (TPSA) is 66.8 Å². The third kappa shape index (κ3) is 3.15. The molecule has 1 unspecified atom stereocenters. The van der Waals surface area contributed by atoms with E-state index >= 15 is 0 Å². The molecular formula is C26H20FNO4. The van der Waals surface area contributed by atoms with E-state index in [1.165, 1.54) is 29.2 Å².